The fraction of sp³-hybridized carbons (Fsp3) is 0.455. The van der Waals surface area contributed by atoms with Gasteiger partial charge in [-0.25, -0.2) is 0 Å². The summed E-state index contributed by atoms with van der Waals surface area (Å²) in [5.41, 5.74) is 6.98. The molecule has 0 heterocycles. The molecule has 3 heteroatoms. The Morgan fingerprint density at radius 1 is 1.36 bits per heavy atom. The second-order valence-corrected chi connectivity index (χ2v) is 3.10. The Kier molecular flexibility index (Phi) is 4.43. The van der Waals surface area contributed by atoms with Gasteiger partial charge < -0.3 is 15.2 Å². The van der Waals surface area contributed by atoms with E-state index >= 15 is 0 Å². The van der Waals surface area contributed by atoms with Gasteiger partial charge in [0.1, 0.15) is 5.75 Å². The molecule has 1 aromatic carbocycles. The average molecular weight is 195 g/mol. The Hall–Kier alpha value is -1.06. The summed E-state index contributed by atoms with van der Waals surface area (Å²) in [6.07, 6.45) is 0.896. The first-order valence-corrected chi connectivity index (χ1v) is 4.75. The minimum absolute atomic E-state index is 0.0306. The van der Waals surface area contributed by atoms with E-state index in [4.69, 9.17) is 15.2 Å². The molecular formula is C11H17NO2. The molecule has 3 nitrogen and oxygen atoms in total. The first-order valence-electron chi connectivity index (χ1n) is 4.75. The molecule has 0 aromatic heterocycles. The third kappa shape index (κ3) is 2.72. The maximum atomic E-state index is 5.95. The Morgan fingerprint density at radius 2 is 2.07 bits per heavy atom. The van der Waals surface area contributed by atoms with Gasteiger partial charge in [0, 0.05) is 18.7 Å². The van der Waals surface area contributed by atoms with Gasteiger partial charge in [-0.3, -0.25) is 0 Å². The number of methoxy groups -OCH3 is 1. The zero-order valence-electron chi connectivity index (χ0n) is 8.69. The predicted molar refractivity (Wildman–Crippen MR) is 56.2 cm³/mol. The van der Waals surface area contributed by atoms with Gasteiger partial charge in [-0.05, 0) is 12.5 Å². The topological polar surface area (TPSA) is 44.5 Å². The van der Waals surface area contributed by atoms with Gasteiger partial charge >= 0.3 is 0 Å². The number of nitrogens with two attached hydrogens (primary N) is 1. The molecule has 1 aromatic rings. The number of ether oxygens (including phenoxy) is 2. The monoisotopic (exact) mass is 195 g/mol. The highest BCUT2D eigenvalue weighted by atomic mass is 16.7. The second-order valence-electron chi connectivity index (χ2n) is 3.10. The molecule has 1 rings (SSSR count). The molecule has 0 aliphatic carbocycles. The molecule has 0 unspecified atom stereocenters. The van der Waals surface area contributed by atoms with Crippen molar-refractivity contribution >= 4 is 0 Å². The third-order valence-electron chi connectivity index (χ3n) is 2.09. The standard InChI is InChI=1S/C11H17NO2/c1-3-10(12)9-6-4-5-7-11(9)14-8-13-2/h4-7,10H,3,8,12H2,1-2H3/t10-/m0/s1. The molecule has 0 bridgehead atoms. The lowest BCUT2D eigenvalue weighted by Gasteiger charge is -2.14. The summed E-state index contributed by atoms with van der Waals surface area (Å²) >= 11 is 0. The molecule has 0 fully saturated rings. The minimum Gasteiger partial charge on any atom is -0.467 e. The lowest BCUT2D eigenvalue weighted by molar-refractivity contribution is 0.0501. The van der Waals surface area contributed by atoms with Crippen molar-refractivity contribution < 1.29 is 9.47 Å². The fourth-order valence-corrected chi connectivity index (χ4v) is 1.26. The van der Waals surface area contributed by atoms with E-state index < -0.39 is 0 Å². The van der Waals surface area contributed by atoms with Crippen molar-refractivity contribution in [3.05, 3.63) is 29.8 Å². The van der Waals surface area contributed by atoms with Crippen LogP contribution in [0.5, 0.6) is 5.75 Å². The molecule has 78 valence electrons. The summed E-state index contributed by atoms with van der Waals surface area (Å²) in [5, 5.41) is 0. The van der Waals surface area contributed by atoms with Crippen LogP contribution in [0.1, 0.15) is 24.9 Å². The van der Waals surface area contributed by atoms with Gasteiger partial charge in [-0.15, -0.1) is 0 Å². The van der Waals surface area contributed by atoms with E-state index in [1.807, 2.05) is 24.3 Å². The number of hydrogen-bond acceptors (Lipinski definition) is 3. The van der Waals surface area contributed by atoms with E-state index in [0.29, 0.717) is 0 Å². The second kappa shape index (κ2) is 5.62. The van der Waals surface area contributed by atoms with Crippen molar-refractivity contribution in [1.82, 2.24) is 0 Å². The molecule has 0 aliphatic rings. The van der Waals surface area contributed by atoms with Gasteiger partial charge in [0.05, 0.1) is 0 Å². The van der Waals surface area contributed by atoms with Crippen LogP contribution in [-0.2, 0) is 4.74 Å². The summed E-state index contributed by atoms with van der Waals surface area (Å²) < 4.78 is 10.3. The van der Waals surface area contributed by atoms with Gasteiger partial charge in [0.2, 0.25) is 0 Å². The molecule has 14 heavy (non-hydrogen) atoms. The molecule has 0 saturated heterocycles. The first kappa shape index (κ1) is 11.0. The van der Waals surface area contributed by atoms with Crippen molar-refractivity contribution in [1.29, 1.82) is 0 Å². The van der Waals surface area contributed by atoms with Crippen LogP contribution in [0.25, 0.3) is 0 Å². The minimum atomic E-state index is 0.0306. The summed E-state index contributed by atoms with van der Waals surface area (Å²) in [6, 6.07) is 7.81. The van der Waals surface area contributed by atoms with Crippen molar-refractivity contribution in [3.63, 3.8) is 0 Å². The van der Waals surface area contributed by atoms with Gasteiger partial charge in [-0.2, -0.15) is 0 Å². The lowest BCUT2D eigenvalue weighted by Crippen LogP contribution is -2.11. The van der Waals surface area contributed by atoms with Crippen molar-refractivity contribution in [2.75, 3.05) is 13.9 Å². The number of para-hydroxylation sites is 1. The number of benzene rings is 1. The van der Waals surface area contributed by atoms with Crippen LogP contribution in [-0.4, -0.2) is 13.9 Å². The maximum absolute atomic E-state index is 5.95. The van der Waals surface area contributed by atoms with Gasteiger partial charge in [-0.1, -0.05) is 25.1 Å². The van der Waals surface area contributed by atoms with Crippen LogP contribution >= 0.6 is 0 Å². The van der Waals surface area contributed by atoms with E-state index in [-0.39, 0.29) is 12.8 Å². The Labute approximate surface area is 84.8 Å². The first-order chi connectivity index (χ1) is 6.79. The number of hydrogen-bond donors (Lipinski definition) is 1. The Bertz CT molecular complexity index is 276. The summed E-state index contributed by atoms with van der Waals surface area (Å²) in [5.74, 6) is 0.809. The van der Waals surface area contributed by atoms with Gasteiger partial charge in [0.25, 0.3) is 0 Å². The average Bonchev–Trinajstić information content (AvgIpc) is 2.25. The van der Waals surface area contributed by atoms with Gasteiger partial charge in [0.15, 0.2) is 6.79 Å². The molecular weight excluding hydrogens is 178 g/mol. The molecule has 0 amide bonds. The van der Waals surface area contributed by atoms with Crippen LogP contribution in [0.4, 0.5) is 0 Å². The van der Waals surface area contributed by atoms with Crippen molar-refractivity contribution in [3.8, 4) is 5.75 Å². The SMILES string of the molecule is CC[C@H](N)c1ccccc1OCOC. The Morgan fingerprint density at radius 3 is 2.71 bits per heavy atom. The maximum Gasteiger partial charge on any atom is 0.188 e. The normalized spacial score (nSPS) is 12.5. The largest absolute Gasteiger partial charge is 0.467 e. The zero-order chi connectivity index (χ0) is 10.4. The molecule has 1 atom stereocenters. The fourth-order valence-electron chi connectivity index (χ4n) is 1.26. The van der Waals surface area contributed by atoms with E-state index in [1.54, 1.807) is 7.11 Å². The molecule has 0 spiro atoms. The summed E-state index contributed by atoms with van der Waals surface area (Å²) in [7, 11) is 1.60. The van der Waals surface area contributed by atoms with Crippen molar-refractivity contribution in [2.24, 2.45) is 5.73 Å². The van der Waals surface area contributed by atoms with Crippen LogP contribution in [0, 0.1) is 0 Å². The third-order valence-corrected chi connectivity index (χ3v) is 2.09. The van der Waals surface area contributed by atoms with E-state index in [0.717, 1.165) is 17.7 Å². The highest BCUT2D eigenvalue weighted by molar-refractivity contribution is 5.35. The van der Waals surface area contributed by atoms with Crippen LogP contribution in [0.2, 0.25) is 0 Å². The molecule has 0 aliphatic heterocycles. The van der Waals surface area contributed by atoms with E-state index in [9.17, 15) is 0 Å². The highest BCUT2D eigenvalue weighted by Crippen LogP contribution is 2.25. The predicted octanol–water partition coefficient (Wildman–Crippen LogP) is 2.08. The summed E-state index contributed by atoms with van der Waals surface area (Å²) in [4.78, 5) is 0. The van der Waals surface area contributed by atoms with E-state index in [2.05, 4.69) is 6.92 Å². The zero-order valence-corrected chi connectivity index (χ0v) is 8.69. The van der Waals surface area contributed by atoms with Crippen LogP contribution in [0.3, 0.4) is 0 Å². The van der Waals surface area contributed by atoms with Crippen LogP contribution < -0.4 is 10.5 Å². The van der Waals surface area contributed by atoms with Crippen LogP contribution in [0.15, 0.2) is 24.3 Å². The molecule has 0 saturated carbocycles. The number of rotatable bonds is 5. The lowest BCUT2D eigenvalue weighted by atomic mass is 10.0. The molecule has 0 radical (unpaired) electrons. The quantitative estimate of drug-likeness (QED) is 0.731. The Balaban J connectivity index is 2.79. The van der Waals surface area contributed by atoms with Crippen molar-refractivity contribution in [2.45, 2.75) is 19.4 Å². The molecule has 2 N–H and O–H groups in total. The summed E-state index contributed by atoms with van der Waals surface area (Å²) in [6.45, 7) is 2.31. The van der Waals surface area contributed by atoms with E-state index in [1.165, 1.54) is 0 Å². The highest BCUT2D eigenvalue weighted by Gasteiger charge is 2.09. The smallest absolute Gasteiger partial charge is 0.188 e.